The first-order valence-electron chi connectivity index (χ1n) is 3.69. The van der Waals surface area contributed by atoms with Gasteiger partial charge in [-0.1, -0.05) is 16.5 Å². The summed E-state index contributed by atoms with van der Waals surface area (Å²) in [7, 11) is 0. The third kappa shape index (κ3) is 1.67. The van der Waals surface area contributed by atoms with Crippen molar-refractivity contribution >= 4 is 11.3 Å². The largest absolute Gasteiger partial charge is 0.364 e. The Morgan fingerprint density at radius 3 is 3.08 bits per heavy atom. The SMILES string of the molecule is Cc1nn(Cc2ccon2)c(=O)s1. The van der Waals surface area contributed by atoms with Crippen LogP contribution in [0.1, 0.15) is 10.7 Å². The van der Waals surface area contributed by atoms with Crippen LogP contribution in [0.4, 0.5) is 0 Å². The van der Waals surface area contributed by atoms with Crippen LogP contribution < -0.4 is 4.87 Å². The van der Waals surface area contributed by atoms with Gasteiger partial charge in [-0.15, -0.1) is 0 Å². The molecule has 0 aliphatic rings. The maximum Gasteiger partial charge on any atom is 0.325 e. The molecule has 0 spiro atoms. The summed E-state index contributed by atoms with van der Waals surface area (Å²) in [5.41, 5.74) is 0.701. The van der Waals surface area contributed by atoms with Crippen molar-refractivity contribution < 1.29 is 4.52 Å². The molecule has 0 bridgehead atoms. The number of aromatic nitrogens is 3. The first-order chi connectivity index (χ1) is 6.25. The van der Waals surface area contributed by atoms with Gasteiger partial charge in [0.1, 0.15) is 17.0 Å². The van der Waals surface area contributed by atoms with Crippen molar-refractivity contribution in [3.63, 3.8) is 0 Å². The van der Waals surface area contributed by atoms with E-state index in [0.29, 0.717) is 12.2 Å². The minimum absolute atomic E-state index is 0.0690. The molecule has 0 aliphatic carbocycles. The topological polar surface area (TPSA) is 60.9 Å². The third-order valence-electron chi connectivity index (χ3n) is 1.51. The average Bonchev–Trinajstić information content (AvgIpc) is 2.63. The Bertz CT molecular complexity index is 443. The second-order valence-corrected chi connectivity index (χ2v) is 3.68. The van der Waals surface area contributed by atoms with E-state index in [9.17, 15) is 4.79 Å². The number of rotatable bonds is 2. The van der Waals surface area contributed by atoms with E-state index in [4.69, 9.17) is 0 Å². The minimum Gasteiger partial charge on any atom is -0.364 e. The molecule has 0 radical (unpaired) electrons. The molecule has 0 fully saturated rings. The molecule has 2 heterocycles. The highest BCUT2D eigenvalue weighted by molar-refractivity contribution is 7.08. The van der Waals surface area contributed by atoms with E-state index in [1.54, 1.807) is 13.0 Å². The van der Waals surface area contributed by atoms with Crippen LogP contribution in [-0.4, -0.2) is 14.9 Å². The zero-order chi connectivity index (χ0) is 9.26. The number of nitrogens with zero attached hydrogens (tertiary/aromatic N) is 3. The highest BCUT2D eigenvalue weighted by Gasteiger charge is 2.04. The van der Waals surface area contributed by atoms with E-state index >= 15 is 0 Å². The quantitative estimate of drug-likeness (QED) is 0.709. The van der Waals surface area contributed by atoms with Crippen molar-refractivity contribution in [1.29, 1.82) is 0 Å². The van der Waals surface area contributed by atoms with Crippen LogP contribution in [0, 0.1) is 6.92 Å². The maximum absolute atomic E-state index is 11.2. The highest BCUT2D eigenvalue weighted by atomic mass is 32.1. The van der Waals surface area contributed by atoms with E-state index < -0.39 is 0 Å². The van der Waals surface area contributed by atoms with Crippen LogP contribution >= 0.6 is 11.3 Å². The Morgan fingerprint density at radius 2 is 2.54 bits per heavy atom. The molecule has 0 aromatic carbocycles. The molecule has 0 atom stereocenters. The molecular weight excluding hydrogens is 190 g/mol. The monoisotopic (exact) mass is 197 g/mol. The predicted molar refractivity (Wildman–Crippen MR) is 46.7 cm³/mol. The molecule has 0 saturated carbocycles. The second-order valence-electron chi connectivity index (χ2n) is 2.54. The smallest absolute Gasteiger partial charge is 0.325 e. The van der Waals surface area contributed by atoms with Crippen LogP contribution in [0.2, 0.25) is 0 Å². The van der Waals surface area contributed by atoms with Gasteiger partial charge in [0.15, 0.2) is 0 Å². The first-order valence-corrected chi connectivity index (χ1v) is 4.51. The minimum atomic E-state index is -0.0690. The Hall–Kier alpha value is -1.43. The van der Waals surface area contributed by atoms with Gasteiger partial charge in [-0.25, -0.2) is 4.68 Å². The van der Waals surface area contributed by atoms with Crippen molar-refractivity contribution in [1.82, 2.24) is 14.9 Å². The van der Waals surface area contributed by atoms with Crippen molar-refractivity contribution in [2.75, 3.05) is 0 Å². The van der Waals surface area contributed by atoms with Gasteiger partial charge in [-0.05, 0) is 6.92 Å². The van der Waals surface area contributed by atoms with Crippen LogP contribution in [0.5, 0.6) is 0 Å². The Morgan fingerprint density at radius 1 is 1.69 bits per heavy atom. The predicted octanol–water partition coefficient (Wildman–Crippen LogP) is 0.650. The maximum atomic E-state index is 11.2. The molecule has 0 saturated heterocycles. The summed E-state index contributed by atoms with van der Waals surface area (Å²) in [5.74, 6) is 0. The van der Waals surface area contributed by atoms with Crippen LogP contribution in [0.3, 0.4) is 0 Å². The lowest BCUT2D eigenvalue weighted by Gasteiger charge is -1.92. The first kappa shape index (κ1) is 8.18. The zero-order valence-corrected chi connectivity index (χ0v) is 7.74. The molecule has 13 heavy (non-hydrogen) atoms. The van der Waals surface area contributed by atoms with Gasteiger partial charge in [0.2, 0.25) is 0 Å². The molecule has 2 aromatic heterocycles. The van der Waals surface area contributed by atoms with Crippen LogP contribution in [-0.2, 0) is 6.54 Å². The number of hydrogen-bond donors (Lipinski definition) is 0. The summed E-state index contributed by atoms with van der Waals surface area (Å²) in [6, 6.07) is 1.71. The average molecular weight is 197 g/mol. The molecule has 0 unspecified atom stereocenters. The summed E-state index contributed by atoms with van der Waals surface area (Å²) in [6.07, 6.45) is 1.47. The van der Waals surface area contributed by atoms with Gasteiger partial charge in [0.25, 0.3) is 0 Å². The Kier molecular flexibility index (Phi) is 1.97. The van der Waals surface area contributed by atoms with E-state index in [1.807, 2.05) is 0 Å². The normalized spacial score (nSPS) is 10.5. The van der Waals surface area contributed by atoms with E-state index in [1.165, 1.54) is 10.9 Å². The van der Waals surface area contributed by atoms with Gasteiger partial charge in [-0.2, -0.15) is 5.10 Å². The Balaban J connectivity index is 2.28. The lowest BCUT2D eigenvalue weighted by Crippen LogP contribution is -2.15. The number of aryl methyl sites for hydroxylation is 1. The van der Waals surface area contributed by atoms with Crippen molar-refractivity contribution in [3.8, 4) is 0 Å². The lowest BCUT2D eigenvalue weighted by atomic mass is 10.4. The van der Waals surface area contributed by atoms with Crippen molar-refractivity contribution in [2.24, 2.45) is 0 Å². The lowest BCUT2D eigenvalue weighted by molar-refractivity contribution is 0.407. The summed E-state index contributed by atoms with van der Waals surface area (Å²) < 4.78 is 6.02. The fourth-order valence-corrected chi connectivity index (χ4v) is 1.59. The van der Waals surface area contributed by atoms with Gasteiger partial charge >= 0.3 is 4.87 Å². The zero-order valence-electron chi connectivity index (χ0n) is 6.93. The number of hydrogen-bond acceptors (Lipinski definition) is 5. The van der Waals surface area contributed by atoms with E-state index in [-0.39, 0.29) is 4.87 Å². The van der Waals surface area contributed by atoms with Gasteiger partial charge < -0.3 is 4.52 Å². The third-order valence-corrected chi connectivity index (χ3v) is 2.27. The summed E-state index contributed by atoms with van der Waals surface area (Å²) >= 11 is 1.13. The fourth-order valence-electron chi connectivity index (χ4n) is 0.983. The molecule has 0 N–H and O–H groups in total. The Labute approximate surface area is 77.6 Å². The molecule has 6 heteroatoms. The fraction of sp³-hybridized carbons (Fsp3) is 0.286. The van der Waals surface area contributed by atoms with Gasteiger partial charge in [-0.3, -0.25) is 4.79 Å². The molecular formula is C7H7N3O2S. The van der Waals surface area contributed by atoms with Gasteiger partial charge in [0.05, 0.1) is 6.54 Å². The van der Waals surface area contributed by atoms with E-state index in [2.05, 4.69) is 14.8 Å². The molecule has 2 aromatic rings. The molecule has 0 amide bonds. The molecule has 2 rings (SSSR count). The molecule has 5 nitrogen and oxygen atoms in total. The highest BCUT2D eigenvalue weighted by Crippen LogP contribution is 1.99. The molecule has 0 aliphatic heterocycles. The standard InChI is InChI=1S/C7H7N3O2S/c1-5-8-10(7(11)13-5)4-6-2-3-12-9-6/h2-3H,4H2,1H3. The van der Waals surface area contributed by atoms with E-state index in [0.717, 1.165) is 16.3 Å². The summed E-state index contributed by atoms with van der Waals surface area (Å²) in [6.45, 7) is 2.17. The van der Waals surface area contributed by atoms with Crippen LogP contribution in [0.25, 0.3) is 0 Å². The summed E-state index contributed by atoms with van der Waals surface area (Å²) in [5, 5.41) is 8.48. The van der Waals surface area contributed by atoms with Gasteiger partial charge in [0, 0.05) is 6.07 Å². The van der Waals surface area contributed by atoms with Crippen molar-refractivity contribution in [2.45, 2.75) is 13.5 Å². The van der Waals surface area contributed by atoms with Crippen LogP contribution in [0.15, 0.2) is 21.6 Å². The second kappa shape index (κ2) is 3.14. The summed E-state index contributed by atoms with van der Waals surface area (Å²) in [4.78, 5) is 11.2. The van der Waals surface area contributed by atoms with Crippen molar-refractivity contribution in [3.05, 3.63) is 32.7 Å². The molecule has 68 valence electrons.